The Hall–Kier alpha value is -3.85. The van der Waals surface area contributed by atoms with Gasteiger partial charge in [-0.3, -0.25) is 4.90 Å². The molecule has 3 aliphatic heterocycles. The number of anilines is 3. The molecule has 202 valence electrons. The van der Waals surface area contributed by atoms with Crippen LogP contribution in [-0.2, 0) is 9.47 Å². The lowest BCUT2D eigenvalue weighted by Crippen LogP contribution is -2.56. The minimum Gasteiger partial charge on any atom is -0.486 e. The number of aromatic nitrogens is 3. The first kappa shape index (κ1) is 25.4. The lowest BCUT2D eigenvalue weighted by molar-refractivity contribution is -0.0660. The molecule has 0 amide bonds. The molecule has 0 spiro atoms. The van der Waals surface area contributed by atoms with Crippen LogP contribution in [0.3, 0.4) is 0 Å². The average molecular weight is 532 g/mol. The molecule has 3 aliphatic rings. The predicted octanol–water partition coefficient (Wildman–Crippen LogP) is 3.18. The van der Waals surface area contributed by atoms with Crippen molar-refractivity contribution in [2.75, 3.05) is 62.8 Å². The summed E-state index contributed by atoms with van der Waals surface area (Å²) in [6.45, 7) is 6.24. The Morgan fingerprint density at radius 2 is 1.82 bits per heavy atom. The molecule has 2 atom stereocenters. The lowest BCUT2D eigenvalue weighted by Gasteiger charge is -2.43. The van der Waals surface area contributed by atoms with Gasteiger partial charge in [-0.15, -0.1) is 0 Å². The van der Waals surface area contributed by atoms with Gasteiger partial charge >= 0.3 is 0 Å². The van der Waals surface area contributed by atoms with Crippen LogP contribution in [0.4, 0.5) is 21.7 Å². The number of alkyl halides is 1. The Kier molecular flexibility index (Phi) is 7.49. The summed E-state index contributed by atoms with van der Waals surface area (Å²) in [5.74, 6) is 1.14. The van der Waals surface area contributed by atoms with Gasteiger partial charge in [0.1, 0.15) is 24.3 Å². The molecule has 39 heavy (non-hydrogen) atoms. The molecule has 2 unspecified atom stereocenters. The van der Waals surface area contributed by atoms with Gasteiger partial charge < -0.3 is 24.4 Å². The smallest absolute Gasteiger partial charge is 0.230 e. The second kappa shape index (κ2) is 11.5. The number of nitriles is 1. The number of hydrogen-bond donors (Lipinski definition) is 1. The molecule has 1 N–H and O–H groups in total. The summed E-state index contributed by atoms with van der Waals surface area (Å²) in [5, 5.41) is 12.9. The summed E-state index contributed by atoms with van der Waals surface area (Å²) >= 11 is 0. The number of rotatable bonds is 7. The number of halogens is 1. The number of ether oxygens (including phenoxy) is 3. The normalized spacial score (nSPS) is 22.1. The van der Waals surface area contributed by atoms with E-state index in [4.69, 9.17) is 14.2 Å². The molecule has 6 rings (SSSR count). The Morgan fingerprint density at radius 3 is 2.54 bits per heavy atom. The number of hydrogen-bond acceptors (Lipinski definition) is 10. The molecule has 3 fully saturated rings. The third kappa shape index (κ3) is 5.78. The van der Waals surface area contributed by atoms with Crippen molar-refractivity contribution in [3.8, 4) is 23.2 Å². The highest BCUT2D eigenvalue weighted by molar-refractivity contribution is 5.64. The molecule has 0 saturated carbocycles. The van der Waals surface area contributed by atoms with E-state index in [0.29, 0.717) is 47.7 Å². The van der Waals surface area contributed by atoms with Crippen molar-refractivity contribution in [2.45, 2.75) is 24.7 Å². The monoisotopic (exact) mass is 531 g/mol. The second-order valence-corrected chi connectivity index (χ2v) is 9.88. The molecule has 0 bridgehead atoms. The number of nitrogens with one attached hydrogen (secondary N) is 1. The predicted molar refractivity (Wildman–Crippen MR) is 143 cm³/mol. The third-order valence-corrected chi connectivity index (χ3v) is 7.38. The zero-order valence-corrected chi connectivity index (χ0v) is 21.5. The van der Waals surface area contributed by atoms with E-state index in [1.54, 1.807) is 18.2 Å². The van der Waals surface area contributed by atoms with Crippen LogP contribution in [0.25, 0.3) is 11.4 Å². The van der Waals surface area contributed by atoms with E-state index in [-0.39, 0.29) is 6.61 Å². The summed E-state index contributed by atoms with van der Waals surface area (Å²) in [4.78, 5) is 18.0. The largest absolute Gasteiger partial charge is 0.486 e. The van der Waals surface area contributed by atoms with E-state index in [1.807, 2.05) is 12.1 Å². The van der Waals surface area contributed by atoms with Crippen molar-refractivity contribution in [1.29, 1.82) is 5.26 Å². The molecule has 10 nitrogen and oxygen atoms in total. The topological polar surface area (TPSA) is 109 Å². The summed E-state index contributed by atoms with van der Waals surface area (Å²) in [7, 11) is 0. The highest BCUT2D eigenvalue weighted by Crippen LogP contribution is 2.28. The number of benzene rings is 2. The maximum atomic E-state index is 14.1. The van der Waals surface area contributed by atoms with Gasteiger partial charge in [0.05, 0.1) is 38.0 Å². The summed E-state index contributed by atoms with van der Waals surface area (Å²) < 4.78 is 30.4. The van der Waals surface area contributed by atoms with Crippen LogP contribution in [0.5, 0.6) is 5.75 Å². The van der Waals surface area contributed by atoms with E-state index in [0.717, 1.165) is 45.1 Å². The number of nitrogens with zero attached hydrogens (tertiary/aromatic N) is 6. The van der Waals surface area contributed by atoms with Crippen LogP contribution in [0.1, 0.15) is 12.0 Å². The van der Waals surface area contributed by atoms with Gasteiger partial charge in [-0.2, -0.15) is 10.2 Å². The van der Waals surface area contributed by atoms with Crippen LogP contribution in [-0.4, -0.2) is 90.8 Å². The van der Waals surface area contributed by atoms with Crippen molar-refractivity contribution in [3.63, 3.8) is 0 Å². The fraction of sp³-hybridized carbons (Fsp3) is 0.429. The highest BCUT2D eigenvalue weighted by atomic mass is 19.1. The molecular formula is C28H30FN7O3. The van der Waals surface area contributed by atoms with E-state index in [9.17, 15) is 9.65 Å². The summed E-state index contributed by atoms with van der Waals surface area (Å²) in [6, 6.07) is 16.0. The average Bonchev–Trinajstić information content (AvgIpc) is 2.95. The maximum absolute atomic E-state index is 14.1. The summed E-state index contributed by atoms with van der Waals surface area (Å²) in [5.41, 5.74) is 2.97. The summed E-state index contributed by atoms with van der Waals surface area (Å²) in [6.07, 6.45) is -0.000782. The van der Waals surface area contributed by atoms with Gasteiger partial charge in [0.25, 0.3) is 0 Å². The number of piperazine rings is 1. The molecular weight excluding hydrogens is 501 g/mol. The fourth-order valence-corrected chi connectivity index (χ4v) is 5.00. The van der Waals surface area contributed by atoms with Crippen molar-refractivity contribution >= 4 is 17.3 Å². The van der Waals surface area contributed by atoms with Gasteiger partial charge in [-0.05, 0) is 42.5 Å². The van der Waals surface area contributed by atoms with E-state index in [1.165, 1.54) is 12.0 Å². The van der Waals surface area contributed by atoms with Gasteiger partial charge in [-0.25, -0.2) is 14.4 Å². The van der Waals surface area contributed by atoms with E-state index < -0.39 is 12.3 Å². The SMILES string of the molecule is N#Cc1cc(-c2ncnc(Nc3ccc(N4CCN(C5COC5)CC4)cc3)n2)ccc1OC1CCOCC1F. The molecule has 0 radical (unpaired) electrons. The van der Waals surface area contributed by atoms with Crippen LogP contribution < -0.4 is 15.0 Å². The molecule has 3 saturated heterocycles. The zero-order valence-electron chi connectivity index (χ0n) is 21.5. The molecule has 2 aromatic carbocycles. The Morgan fingerprint density at radius 1 is 1.00 bits per heavy atom. The molecule has 3 aromatic rings. The fourth-order valence-electron chi connectivity index (χ4n) is 5.00. The minimum absolute atomic E-state index is 0.00155. The molecule has 4 heterocycles. The first-order chi connectivity index (χ1) is 19.2. The third-order valence-electron chi connectivity index (χ3n) is 7.38. The van der Waals surface area contributed by atoms with Gasteiger partial charge in [0.2, 0.25) is 5.95 Å². The Balaban J connectivity index is 1.10. The molecule has 0 aliphatic carbocycles. The lowest BCUT2D eigenvalue weighted by atomic mass is 10.1. The molecule has 11 heteroatoms. The van der Waals surface area contributed by atoms with Crippen LogP contribution in [0.2, 0.25) is 0 Å². The van der Waals surface area contributed by atoms with E-state index >= 15 is 0 Å². The van der Waals surface area contributed by atoms with Crippen molar-refractivity contribution in [1.82, 2.24) is 19.9 Å². The Bertz CT molecular complexity index is 1320. The minimum atomic E-state index is -1.23. The van der Waals surface area contributed by atoms with Crippen LogP contribution in [0.15, 0.2) is 48.8 Å². The molecule has 1 aromatic heterocycles. The van der Waals surface area contributed by atoms with E-state index in [2.05, 4.69) is 48.3 Å². The van der Waals surface area contributed by atoms with Gasteiger partial charge in [-0.1, -0.05) is 0 Å². The van der Waals surface area contributed by atoms with Gasteiger partial charge in [0.15, 0.2) is 12.0 Å². The first-order valence-electron chi connectivity index (χ1n) is 13.2. The van der Waals surface area contributed by atoms with Crippen molar-refractivity contribution in [3.05, 3.63) is 54.4 Å². The van der Waals surface area contributed by atoms with Gasteiger partial charge in [0, 0.05) is 49.5 Å². The van der Waals surface area contributed by atoms with Crippen molar-refractivity contribution < 1.29 is 18.6 Å². The standard InChI is InChI=1S/C28H30FN7O3/c29-24-17-37-12-7-26(24)39-25-6-1-19(13-20(25)14-30)27-31-18-32-28(34-27)33-21-2-4-22(5-3-21)35-8-10-36(11-9-35)23-15-38-16-23/h1-6,13,18,23-24,26H,7-12,15-17H2,(H,31,32,33,34). The van der Waals surface area contributed by atoms with Crippen molar-refractivity contribution in [2.24, 2.45) is 0 Å². The maximum Gasteiger partial charge on any atom is 0.230 e. The second-order valence-electron chi connectivity index (χ2n) is 9.88. The quantitative estimate of drug-likeness (QED) is 0.488. The van der Waals surface area contributed by atoms with Crippen LogP contribution in [0, 0.1) is 11.3 Å². The first-order valence-corrected chi connectivity index (χ1v) is 13.2. The van der Waals surface area contributed by atoms with Crippen LogP contribution >= 0.6 is 0 Å². The highest BCUT2D eigenvalue weighted by Gasteiger charge is 2.29. The zero-order chi connectivity index (χ0) is 26.6. The Labute approximate surface area is 226 Å².